The van der Waals surface area contributed by atoms with Crippen LogP contribution in [0, 0.1) is 51.7 Å². The van der Waals surface area contributed by atoms with Gasteiger partial charge in [0.1, 0.15) is 55.3 Å². The average Bonchev–Trinajstić information content (AvgIpc) is 0.827. The van der Waals surface area contributed by atoms with Crippen molar-refractivity contribution in [3.63, 3.8) is 0 Å². The van der Waals surface area contributed by atoms with Gasteiger partial charge in [-0.1, -0.05) is 126 Å². The van der Waals surface area contributed by atoms with Gasteiger partial charge in [0.25, 0.3) is 35.4 Å². The number of amides is 6. The molecule has 18 aromatic rings. The summed E-state index contributed by atoms with van der Waals surface area (Å²) in [5, 5.41) is 17.6. The number of halogens is 3. The van der Waals surface area contributed by atoms with Gasteiger partial charge in [-0.25, -0.2) is 68.6 Å². The van der Waals surface area contributed by atoms with Gasteiger partial charge in [-0.3, -0.25) is 28.8 Å². The third kappa shape index (κ3) is 32.1. The number of anilines is 18. The first-order valence-corrected chi connectivity index (χ1v) is 46.4. The molecule has 0 radical (unpaired) electrons. The monoisotopic (exact) mass is 2020 g/mol. The third-order valence-corrected chi connectivity index (χ3v) is 22.6. The molecule has 0 fully saturated rings. The second-order valence-electron chi connectivity index (χ2n) is 33.3. The van der Waals surface area contributed by atoms with Crippen molar-refractivity contribution in [2.75, 3.05) is 111 Å². The van der Waals surface area contributed by atoms with Crippen LogP contribution in [0.25, 0.3) is 0 Å². The van der Waals surface area contributed by atoms with Crippen molar-refractivity contribution in [2.24, 2.45) is 0 Å². The van der Waals surface area contributed by atoms with Crippen LogP contribution in [-0.4, -0.2) is 145 Å². The molecule has 0 saturated heterocycles. The highest BCUT2D eigenvalue weighted by atomic mass is 35.5. The Labute approximate surface area is 873 Å². The molecule has 150 heavy (non-hydrogen) atoms. The van der Waals surface area contributed by atoms with Crippen LogP contribution in [0.1, 0.15) is 97.4 Å². The lowest BCUT2D eigenvalue weighted by atomic mass is 10.1. The molecule has 0 spiro atoms. The maximum absolute atomic E-state index is 14.0. The van der Waals surface area contributed by atoms with Gasteiger partial charge in [0.2, 0.25) is 0 Å². The fourth-order valence-electron chi connectivity index (χ4n) is 14.5. The fraction of sp³-hybridized carbons (Fsp3) is 0.103. The van der Waals surface area contributed by atoms with Crippen molar-refractivity contribution in [2.45, 2.75) is 35.1 Å². The molecule has 0 saturated carbocycles. The largest absolute Gasteiger partial charge is 0.497 e. The van der Waals surface area contributed by atoms with E-state index in [1.165, 1.54) is 62.2 Å². The normalized spacial score (nSPS) is 10.2. The molecule has 6 amide bonds. The van der Waals surface area contributed by atoms with Crippen LogP contribution in [0.15, 0.2) is 385 Å². The summed E-state index contributed by atoms with van der Waals surface area (Å²) < 4.78 is 33.2. The Kier molecular flexibility index (Phi) is 39.3. The maximum Gasteiger partial charge on any atom is 0.255 e. The highest BCUT2D eigenvalue weighted by Gasteiger charge is 2.20. The van der Waals surface area contributed by atoms with E-state index in [9.17, 15) is 37.5 Å². The lowest BCUT2D eigenvalue weighted by molar-refractivity contribution is 0.101. The predicted molar refractivity (Wildman–Crippen MR) is 591 cm³/mol. The summed E-state index contributed by atoms with van der Waals surface area (Å²) in [5.41, 5.74) is 21.2. The van der Waals surface area contributed by atoms with Gasteiger partial charge < -0.3 is 66.0 Å². The molecule has 0 aliphatic rings. The van der Waals surface area contributed by atoms with Gasteiger partial charge in [0, 0.05) is 155 Å². The molecule has 18 rings (SSSR count). The molecule has 12 aromatic carbocycles. The average molecular weight is 2020 g/mol. The van der Waals surface area contributed by atoms with Gasteiger partial charge in [-0.2, -0.15) is 0 Å². The van der Waals surface area contributed by atoms with Crippen LogP contribution < -0.4 is 66.0 Å². The maximum atomic E-state index is 14.0. The lowest BCUT2D eigenvalue weighted by Gasteiger charge is -2.20. The zero-order valence-electron chi connectivity index (χ0n) is 83.0. The van der Waals surface area contributed by atoms with Gasteiger partial charge >= 0.3 is 0 Å². The second-order valence-corrected chi connectivity index (χ2v) is 33.8. The smallest absolute Gasteiger partial charge is 0.255 e. The Morgan fingerprint density at radius 2 is 0.493 bits per heavy atom. The molecule has 754 valence electrons. The number of hydrogen-bond acceptors (Lipinski definition) is 25. The lowest BCUT2D eigenvalue weighted by Crippen LogP contribution is -2.14. The van der Waals surface area contributed by atoms with Crippen molar-refractivity contribution >= 4 is 149 Å². The molecule has 0 bridgehead atoms. The minimum Gasteiger partial charge on any atom is -0.497 e. The number of terminal acetylenes is 1. The Bertz CT molecular complexity index is 7380. The van der Waals surface area contributed by atoms with E-state index in [0.717, 1.165) is 79.1 Å². The number of aromatic nitrogens is 12. The summed E-state index contributed by atoms with van der Waals surface area (Å²) in [6.07, 6.45) is 34.5. The summed E-state index contributed by atoms with van der Waals surface area (Å²) in [4.78, 5) is 134. The van der Waals surface area contributed by atoms with E-state index in [1.807, 2.05) is 227 Å². The molecule has 31 nitrogen and oxygen atoms in total. The summed E-state index contributed by atoms with van der Waals surface area (Å²) in [7, 11) is 12.8. The summed E-state index contributed by atoms with van der Waals surface area (Å²) >= 11 is 6.23. The number of aryl methyl sites for hydroxylation is 4. The number of methoxy groups -OCH3 is 1. The Morgan fingerprint density at radius 3 is 0.767 bits per heavy atom. The molecule has 0 atom stereocenters. The molecule has 0 aliphatic carbocycles. The molecule has 34 heteroatoms. The van der Waals surface area contributed by atoms with Gasteiger partial charge in [0.15, 0.2) is 0 Å². The van der Waals surface area contributed by atoms with Crippen molar-refractivity contribution in [1.29, 1.82) is 0 Å². The minimum absolute atomic E-state index is 0. The van der Waals surface area contributed by atoms with Crippen LogP contribution >= 0.6 is 11.6 Å². The number of ether oxygens (including phenoxy) is 1. The number of benzene rings is 12. The third-order valence-electron chi connectivity index (χ3n) is 22.4. The first-order chi connectivity index (χ1) is 72.0. The van der Waals surface area contributed by atoms with E-state index >= 15 is 0 Å². The summed E-state index contributed by atoms with van der Waals surface area (Å²) in [6.45, 7) is 7.79. The molecular formula is C116H107ClF2N24O7. The number of nitrogens with one attached hydrogen (secondary N) is 6. The van der Waals surface area contributed by atoms with Crippen molar-refractivity contribution < 1.29 is 42.3 Å². The standard InChI is InChI=1S/C20H15FN4O.C19H17ClN4O.C19H17FN4O.C19H18N4O2.2C19H18N4O.CH4/c1-3-14-5-4-6-15(7-14)20(26)24-17-8-16(21)9-18(10-17)25(2)19-11-22-13-23-12-19;2*1-13-4-3-5-14(6-13)19(25)23-16-7-15(20)8-17(9-16)24(2)18-10-21-12-22-11-18;1-23(17-11-20-13-21-12-17)16-7-4-6-15(10-16)22-19(24)14-5-3-8-18(9-14)25-2;2*1-14-5-3-6-15(9-14)19(24)22-16-7-4-8-17(10-16)23(2)18-11-20-13-21-12-18;/h1,4-13H,2H3,(H,24,26);2*3-12H,1-2H3,(H,23,25);3-13H,1-2H3,(H,22,24);2*3-13H,1-2H3,(H,22,24);1H4. The summed E-state index contributed by atoms with van der Waals surface area (Å²) in [5.74, 6) is 0.930. The van der Waals surface area contributed by atoms with Gasteiger partial charge in [0.05, 0.1) is 116 Å². The number of carbonyl (C=O) groups is 6. The molecule has 6 heterocycles. The highest BCUT2D eigenvalue weighted by Crippen LogP contribution is 2.35. The predicted octanol–water partition coefficient (Wildman–Crippen LogP) is 23.8. The van der Waals surface area contributed by atoms with E-state index in [0.29, 0.717) is 95.2 Å². The van der Waals surface area contributed by atoms with Crippen LogP contribution in [0.2, 0.25) is 5.02 Å². The molecule has 6 N–H and O–H groups in total. The SMILES string of the molecule is C.C#Cc1cccc(C(=O)Nc2cc(F)cc(N(C)c3cncnc3)c2)c1.COc1cccc(C(=O)Nc2cccc(N(C)c3cncnc3)c2)c1.Cc1cccc(C(=O)Nc2cc(Cl)cc(N(C)c3cncnc3)c2)c1.Cc1cccc(C(=O)Nc2cc(F)cc(N(C)c3cncnc3)c2)c1.Cc1cccc(C(=O)Nc2cccc(N(C)c3cncnc3)c2)c1.Cc1cccc(C(=O)Nc2cccc(N(C)c3cncnc3)c2)c1. The molecule has 6 aromatic heterocycles. The Balaban J connectivity index is 0.000000159. The second kappa shape index (κ2) is 54.1. The number of rotatable bonds is 25. The Morgan fingerprint density at radius 1 is 0.267 bits per heavy atom. The quantitative estimate of drug-likeness (QED) is 0.0289. The zero-order valence-corrected chi connectivity index (χ0v) is 83.7. The highest BCUT2D eigenvalue weighted by molar-refractivity contribution is 6.31. The van der Waals surface area contributed by atoms with E-state index in [-0.39, 0.29) is 42.9 Å². The van der Waals surface area contributed by atoms with Crippen molar-refractivity contribution in [3.05, 3.63) is 463 Å². The van der Waals surface area contributed by atoms with E-state index < -0.39 is 11.6 Å². The topological polar surface area (TPSA) is 358 Å². The van der Waals surface area contributed by atoms with Gasteiger partial charge in [-0.15, -0.1) is 6.42 Å². The zero-order chi connectivity index (χ0) is 106. The van der Waals surface area contributed by atoms with Crippen LogP contribution in [-0.2, 0) is 0 Å². The van der Waals surface area contributed by atoms with Crippen molar-refractivity contribution in [3.8, 4) is 18.1 Å². The number of hydrogen-bond donors (Lipinski definition) is 6. The number of carbonyl (C=O) groups excluding carboxylic acids is 6. The number of nitrogens with zero attached hydrogens (tertiary/aromatic N) is 18. The van der Waals surface area contributed by atoms with E-state index in [2.05, 4.69) is 97.6 Å². The first kappa shape index (κ1) is 109. The Hall–Kier alpha value is -19.8. The molecular weight excluding hydrogens is 1910 g/mol. The van der Waals surface area contributed by atoms with Crippen LogP contribution in [0.5, 0.6) is 5.75 Å². The minimum atomic E-state index is -0.473. The van der Waals surface area contributed by atoms with Gasteiger partial charge in [-0.05, 0) is 222 Å². The van der Waals surface area contributed by atoms with E-state index in [1.54, 1.807) is 202 Å². The first-order valence-electron chi connectivity index (χ1n) is 46.1. The summed E-state index contributed by atoms with van der Waals surface area (Å²) in [6, 6.07) is 80.3. The van der Waals surface area contributed by atoms with Crippen molar-refractivity contribution in [1.82, 2.24) is 59.8 Å². The fourth-order valence-corrected chi connectivity index (χ4v) is 14.7. The molecule has 0 aliphatic heterocycles. The van der Waals surface area contributed by atoms with E-state index in [4.69, 9.17) is 22.8 Å². The van der Waals surface area contributed by atoms with Crippen LogP contribution in [0.3, 0.4) is 0 Å². The molecule has 0 unspecified atom stereocenters. The van der Waals surface area contributed by atoms with Crippen LogP contribution in [0.4, 0.5) is 111 Å².